The largest absolute Gasteiger partial charge is 0.496 e. The van der Waals surface area contributed by atoms with E-state index in [1.165, 1.54) is 32.4 Å². The lowest BCUT2D eigenvalue weighted by molar-refractivity contribution is -0.121. The quantitative estimate of drug-likeness (QED) is 0.846. The third kappa shape index (κ3) is 4.98. The summed E-state index contributed by atoms with van der Waals surface area (Å²) < 4.78 is 41.8. The van der Waals surface area contributed by atoms with Gasteiger partial charge in [-0.05, 0) is 25.1 Å². The zero-order valence-electron chi connectivity index (χ0n) is 12.4. The van der Waals surface area contributed by atoms with Crippen LogP contribution in [0, 0.1) is 5.82 Å². The van der Waals surface area contributed by atoms with Crippen molar-refractivity contribution in [3.63, 3.8) is 0 Å². The number of amides is 1. The van der Waals surface area contributed by atoms with E-state index in [0.29, 0.717) is 11.3 Å². The number of methoxy groups -OCH3 is 1. The summed E-state index contributed by atoms with van der Waals surface area (Å²) in [5, 5.41) is 2.61. The van der Waals surface area contributed by atoms with Gasteiger partial charge in [-0.2, -0.15) is 4.31 Å². The summed E-state index contributed by atoms with van der Waals surface area (Å²) >= 11 is 0. The second kappa shape index (κ2) is 6.86. The smallest absolute Gasteiger partial charge is 0.235 e. The zero-order chi connectivity index (χ0) is 16.2. The van der Waals surface area contributed by atoms with Crippen molar-refractivity contribution in [2.45, 2.75) is 13.0 Å². The van der Waals surface area contributed by atoms with E-state index in [1.807, 2.05) is 0 Å². The van der Waals surface area contributed by atoms with E-state index in [9.17, 15) is 17.6 Å². The monoisotopic (exact) mass is 318 g/mol. The Bertz CT molecular complexity index is 619. The molecule has 0 aliphatic carbocycles. The molecular weight excluding hydrogens is 299 g/mol. The number of nitrogens with zero attached hydrogens (tertiary/aromatic N) is 1. The second-order valence-electron chi connectivity index (χ2n) is 4.69. The van der Waals surface area contributed by atoms with Gasteiger partial charge in [0, 0.05) is 12.6 Å². The Kier molecular flexibility index (Phi) is 5.68. The first-order valence-corrected chi connectivity index (χ1v) is 8.04. The molecule has 0 fully saturated rings. The molecule has 0 radical (unpaired) electrons. The Hall–Kier alpha value is -1.67. The molecule has 8 heteroatoms. The fourth-order valence-electron chi connectivity index (χ4n) is 1.73. The number of halogens is 1. The van der Waals surface area contributed by atoms with Gasteiger partial charge in [0.25, 0.3) is 0 Å². The summed E-state index contributed by atoms with van der Waals surface area (Å²) in [6.07, 6.45) is 1.01. The standard InChI is InChI=1S/C13H19FN2O4S/c1-9(11-7-10(14)5-6-12(11)20-3)15-13(17)8-16(2)21(4,18)19/h5-7,9H,8H2,1-4H3,(H,15,17)/t9-/m1/s1. The maximum atomic E-state index is 13.3. The number of carbonyl (C=O) groups excluding carboxylic acids is 1. The molecule has 1 aromatic rings. The van der Waals surface area contributed by atoms with Crippen LogP contribution in [0.4, 0.5) is 4.39 Å². The molecule has 0 heterocycles. The average molecular weight is 318 g/mol. The van der Waals surface area contributed by atoms with Crippen LogP contribution in [0.5, 0.6) is 5.75 Å². The topological polar surface area (TPSA) is 75.7 Å². The highest BCUT2D eigenvalue weighted by Gasteiger charge is 2.19. The first kappa shape index (κ1) is 17.4. The first-order valence-electron chi connectivity index (χ1n) is 6.19. The summed E-state index contributed by atoms with van der Waals surface area (Å²) in [4.78, 5) is 11.8. The maximum absolute atomic E-state index is 13.3. The van der Waals surface area contributed by atoms with Crippen molar-refractivity contribution in [2.75, 3.05) is 27.0 Å². The molecule has 1 rings (SSSR count). The first-order chi connectivity index (χ1) is 9.65. The van der Waals surface area contributed by atoms with E-state index in [1.54, 1.807) is 6.92 Å². The molecule has 0 unspecified atom stereocenters. The lowest BCUT2D eigenvalue weighted by Gasteiger charge is -2.19. The van der Waals surface area contributed by atoms with Crippen LogP contribution in [0.1, 0.15) is 18.5 Å². The zero-order valence-corrected chi connectivity index (χ0v) is 13.2. The van der Waals surface area contributed by atoms with Gasteiger partial charge in [0.2, 0.25) is 15.9 Å². The Morgan fingerprint density at radius 1 is 1.48 bits per heavy atom. The Labute approximate surface area is 123 Å². The predicted octanol–water partition coefficient (Wildman–Crippen LogP) is 0.903. The van der Waals surface area contributed by atoms with E-state index in [0.717, 1.165) is 10.6 Å². The molecule has 0 saturated carbocycles. The van der Waals surface area contributed by atoms with Gasteiger partial charge in [0.1, 0.15) is 11.6 Å². The number of rotatable bonds is 6. The van der Waals surface area contributed by atoms with Crippen LogP contribution in [0.15, 0.2) is 18.2 Å². The van der Waals surface area contributed by atoms with Crippen LogP contribution in [0.25, 0.3) is 0 Å². The molecule has 1 atom stereocenters. The third-order valence-corrected chi connectivity index (χ3v) is 4.23. The number of sulfonamides is 1. The van der Waals surface area contributed by atoms with Crippen molar-refractivity contribution in [1.82, 2.24) is 9.62 Å². The summed E-state index contributed by atoms with van der Waals surface area (Å²) in [5.74, 6) is -0.484. The number of nitrogens with one attached hydrogen (secondary N) is 1. The molecule has 0 aromatic heterocycles. The molecule has 0 aliphatic heterocycles. The summed E-state index contributed by atoms with van der Waals surface area (Å²) in [6.45, 7) is 1.36. The van der Waals surface area contributed by atoms with E-state index < -0.39 is 27.8 Å². The molecule has 118 valence electrons. The molecule has 0 aliphatic rings. The summed E-state index contributed by atoms with van der Waals surface area (Å²) in [6, 6.07) is 3.48. The fourth-order valence-corrected chi connectivity index (χ4v) is 2.08. The van der Waals surface area contributed by atoms with Crippen molar-refractivity contribution in [2.24, 2.45) is 0 Å². The minimum absolute atomic E-state index is 0.305. The van der Waals surface area contributed by atoms with Crippen molar-refractivity contribution < 1.29 is 22.3 Å². The van der Waals surface area contributed by atoms with Crippen molar-refractivity contribution >= 4 is 15.9 Å². The maximum Gasteiger partial charge on any atom is 0.235 e. The van der Waals surface area contributed by atoms with Crippen LogP contribution in [0.2, 0.25) is 0 Å². The van der Waals surface area contributed by atoms with Crippen LogP contribution in [-0.4, -0.2) is 45.6 Å². The van der Waals surface area contributed by atoms with E-state index in [4.69, 9.17) is 4.74 Å². The van der Waals surface area contributed by atoms with Gasteiger partial charge in [-0.3, -0.25) is 4.79 Å². The fraction of sp³-hybridized carbons (Fsp3) is 0.462. The average Bonchev–Trinajstić information content (AvgIpc) is 2.37. The minimum Gasteiger partial charge on any atom is -0.496 e. The highest BCUT2D eigenvalue weighted by Crippen LogP contribution is 2.25. The number of hydrogen-bond acceptors (Lipinski definition) is 4. The molecule has 0 saturated heterocycles. The lowest BCUT2D eigenvalue weighted by atomic mass is 10.1. The summed E-state index contributed by atoms with van der Waals surface area (Å²) in [5.41, 5.74) is 0.479. The molecule has 6 nitrogen and oxygen atoms in total. The molecule has 21 heavy (non-hydrogen) atoms. The molecular formula is C13H19FN2O4S. The lowest BCUT2D eigenvalue weighted by Crippen LogP contribution is -2.38. The van der Waals surface area contributed by atoms with Crippen LogP contribution in [-0.2, 0) is 14.8 Å². The van der Waals surface area contributed by atoms with Gasteiger partial charge < -0.3 is 10.1 Å². The Morgan fingerprint density at radius 2 is 2.10 bits per heavy atom. The number of likely N-dealkylation sites (N-methyl/N-ethyl adjacent to an activating group) is 1. The number of benzene rings is 1. The normalized spacial score (nSPS) is 13.0. The number of hydrogen-bond donors (Lipinski definition) is 1. The SMILES string of the molecule is COc1ccc(F)cc1[C@@H](C)NC(=O)CN(C)S(C)(=O)=O. The second-order valence-corrected chi connectivity index (χ2v) is 6.78. The van der Waals surface area contributed by atoms with Gasteiger partial charge in [-0.1, -0.05) is 0 Å². The van der Waals surface area contributed by atoms with Gasteiger partial charge in [-0.25, -0.2) is 12.8 Å². The third-order valence-electron chi connectivity index (χ3n) is 2.97. The Balaban J connectivity index is 2.79. The van der Waals surface area contributed by atoms with E-state index >= 15 is 0 Å². The molecule has 1 amide bonds. The predicted molar refractivity (Wildman–Crippen MR) is 77.0 cm³/mol. The van der Waals surface area contributed by atoms with Gasteiger partial charge in [-0.15, -0.1) is 0 Å². The van der Waals surface area contributed by atoms with Gasteiger partial charge in [0.15, 0.2) is 0 Å². The van der Waals surface area contributed by atoms with Gasteiger partial charge >= 0.3 is 0 Å². The summed E-state index contributed by atoms with van der Waals surface area (Å²) in [7, 11) is -0.675. The number of ether oxygens (including phenoxy) is 1. The van der Waals surface area contributed by atoms with Gasteiger partial charge in [0.05, 0.1) is 26.0 Å². The molecule has 1 N–H and O–H groups in total. The van der Waals surface area contributed by atoms with E-state index in [-0.39, 0.29) is 6.54 Å². The highest BCUT2D eigenvalue weighted by molar-refractivity contribution is 7.88. The van der Waals surface area contributed by atoms with Crippen molar-refractivity contribution in [3.05, 3.63) is 29.6 Å². The van der Waals surface area contributed by atoms with E-state index in [2.05, 4.69) is 5.32 Å². The van der Waals surface area contributed by atoms with Crippen molar-refractivity contribution in [1.29, 1.82) is 0 Å². The molecule has 0 spiro atoms. The number of carbonyl (C=O) groups is 1. The minimum atomic E-state index is -3.43. The van der Waals surface area contributed by atoms with Crippen LogP contribution >= 0.6 is 0 Å². The van der Waals surface area contributed by atoms with Crippen LogP contribution < -0.4 is 10.1 Å². The van der Waals surface area contributed by atoms with Crippen LogP contribution in [0.3, 0.4) is 0 Å². The molecule has 1 aromatic carbocycles. The Morgan fingerprint density at radius 3 is 2.62 bits per heavy atom. The molecule has 0 bridgehead atoms. The van der Waals surface area contributed by atoms with Crippen molar-refractivity contribution in [3.8, 4) is 5.75 Å². The highest BCUT2D eigenvalue weighted by atomic mass is 32.2.